The Labute approximate surface area is 203 Å². The average Bonchev–Trinajstić information content (AvgIpc) is 3.18. The number of fused-ring (bicyclic) bond motifs is 1. The molecule has 1 aliphatic rings. The largest absolute Gasteiger partial charge is 0.491 e. The zero-order chi connectivity index (χ0) is 21.6. The van der Waals surface area contributed by atoms with Crippen LogP contribution in [0.1, 0.15) is 37.9 Å². The molecule has 158 valence electrons. The molecule has 6 nitrogen and oxygen atoms in total. The van der Waals surface area contributed by atoms with Crippen molar-refractivity contribution >= 4 is 68.2 Å². The molecule has 0 saturated carbocycles. The topological polar surface area (TPSA) is 67.5 Å². The number of anilines is 1. The van der Waals surface area contributed by atoms with Crippen molar-refractivity contribution in [2.45, 2.75) is 39.3 Å². The normalized spacial score (nSPS) is 19.3. The van der Waals surface area contributed by atoms with E-state index in [1.165, 1.54) is 5.56 Å². The smallest absolute Gasteiger partial charge is 0.232 e. The van der Waals surface area contributed by atoms with Gasteiger partial charge in [-0.15, -0.1) is 0 Å². The van der Waals surface area contributed by atoms with Crippen LogP contribution in [0.2, 0.25) is 0 Å². The third kappa shape index (κ3) is 3.93. The summed E-state index contributed by atoms with van der Waals surface area (Å²) in [4.78, 5) is 22.1. The number of carbonyl (C=O) groups excluding carboxylic acids is 1. The van der Waals surface area contributed by atoms with Gasteiger partial charge in [-0.3, -0.25) is 4.79 Å². The van der Waals surface area contributed by atoms with Gasteiger partial charge < -0.3 is 17.7 Å². The fourth-order valence-corrected chi connectivity index (χ4v) is 5.01. The second-order valence-electron chi connectivity index (χ2n) is 8.31. The molecule has 3 aromatic rings. The summed E-state index contributed by atoms with van der Waals surface area (Å²) in [5.74, 6) is 0.869. The summed E-state index contributed by atoms with van der Waals surface area (Å²) in [7, 11) is 0. The number of amides is 1. The molecule has 0 radical (unpaired) electrons. The molecule has 0 aliphatic carbocycles. The summed E-state index contributed by atoms with van der Waals surface area (Å²) in [6, 6.07) is 9.98. The zero-order valence-electron chi connectivity index (χ0n) is 17.2. The lowest BCUT2D eigenvalue weighted by Crippen LogP contribution is -2.54. The van der Waals surface area contributed by atoms with Crippen LogP contribution in [0.25, 0.3) is 11.0 Å². The number of aromatic nitrogens is 2. The molecule has 30 heavy (non-hydrogen) atoms. The first kappa shape index (κ1) is 21.8. The van der Waals surface area contributed by atoms with Gasteiger partial charge in [0.25, 0.3) is 0 Å². The van der Waals surface area contributed by atoms with Gasteiger partial charge in [0.05, 0.1) is 29.3 Å². The Bertz CT molecular complexity index is 1090. The molecule has 1 fully saturated rings. The van der Waals surface area contributed by atoms with Crippen LogP contribution in [-0.4, -0.2) is 28.1 Å². The van der Waals surface area contributed by atoms with Gasteiger partial charge in [0.2, 0.25) is 5.91 Å². The molecule has 1 saturated heterocycles. The van der Waals surface area contributed by atoms with E-state index in [1.54, 1.807) is 6.33 Å². The number of halogens is 2. The number of nitrogens with one attached hydrogen (secondary N) is 1. The summed E-state index contributed by atoms with van der Waals surface area (Å²) >= 11 is 4.25. The van der Waals surface area contributed by atoms with Gasteiger partial charge in [0.1, 0.15) is 41.0 Å². The van der Waals surface area contributed by atoms with Gasteiger partial charge in [-0.1, -0.05) is 6.92 Å². The Morgan fingerprint density at radius 2 is 2.03 bits per heavy atom. The fraction of sp³-hybridized carbons (Fsp3) is 0.364. The van der Waals surface area contributed by atoms with Crippen molar-refractivity contribution in [2.75, 3.05) is 11.5 Å². The molecule has 8 heteroatoms. The minimum atomic E-state index is -0.365. The van der Waals surface area contributed by atoms with Crippen molar-refractivity contribution in [3.63, 3.8) is 0 Å². The summed E-state index contributed by atoms with van der Waals surface area (Å²) in [6.07, 6.45) is 1.67. The molecular weight excluding hydrogens is 608 g/mol. The first-order valence-electron chi connectivity index (χ1n) is 9.70. The Balaban J connectivity index is 1.65. The molecule has 1 N–H and O–H groups in total. The van der Waals surface area contributed by atoms with Gasteiger partial charge in [-0.2, -0.15) is 0 Å². The van der Waals surface area contributed by atoms with Crippen molar-refractivity contribution in [2.24, 2.45) is 5.92 Å². The Kier molecular flexibility index (Phi) is 6.01. The molecule has 1 amide bonds. The maximum Gasteiger partial charge on any atom is 0.232 e. The fourth-order valence-electron chi connectivity index (χ4n) is 3.83. The van der Waals surface area contributed by atoms with Crippen molar-refractivity contribution < 1.29 is 12.6 Å². The molecule has 2 atom stereocenters. The SMILES string of the molecule is Cc1cc(OCC(C)(C)OI)cc(I)c1C1C(C)C(=O)N1c1ccc2nc[nH]c2c1. The van der Waals surface area contributed by atoms with E-state index in [-0.39, 0.29) is 23.5 Å². The van der Waals surface area contributed by atoms with Crippen molar-refractivity contribution in [3.8, 4) is 5.75 Å². The number of benzene rings is 2. The third-order valence-corrected chi connectivity index (χ3v) is 7.55. The standard InChI is InChI=1S/C22H23I2N3O3/c1-12-7-15(29-10-22(3,4)30-24)9-16(23)19(12)20-13(2)21(28)27(20)14-5-6-17-18(8-14)26-11-25-17/h5-9,11,13,20H,10H2,1-4H3,(H,25,26). The average molecular weight is 631 g/mol. The second-order valence-corrected chi connectivity index (χ2v) is 9.91. The van der Waals surface area contributed by atoms with Gasteiger partial charge in [-0.25, -0.2) is 4.98 Å². The molecule has 1 aliphatic heterocycles. The number of ether oxygens (including phenoxy) is 1. The number of hydrogen-bond acceptors (Lipinski definition) is 4. The lowest BCUT2D eigenvalue weighted by molar-refractivity contribution is -0.129. The van der Waals surface area contributed by atoms with Crippen LogP contribution in [0.5, 0.6) is 5.75 Å². The van der Waals surface area contributed by atoms with E-state index < -0.39 is 0 Å². The summed E-state index contributed by atoms with van der Waals surface area (Å²) < 4.78 is 12.5. The maximum absolute atomic E-state index is 12.8. The van der Waals surface area contributed by atoms with E-state index in [9.17, 15) is 4.79 Å². The lowest BCUT2D eigenvalue weighted by Gasteiger charge is -2.47. The quantitative estimate of drug-likeness (QED) is 0.279. The molecule has 0 spiro atoms. The van der Waals surface area contributed by atoms with Crippen LogP contribution in [0.3, 0.4) is 0 Å². The molecule has 4 rings (SSSR count). The molecule has 2 aromatic carbocycles. The molecule has 1 aromatic heterocycles. The van der Waals surface area contributed by atoms with E-state index in [1.807, 2.05) is 79.0 Å². The first-order valence-corrected chi connectivity index (χ1v) is 11.7. The minimum absolute atomic E-state index is 0.00654. The zero-order valence-corrected chi connectivity index (χ0v) is 21.5. The molecule has 0 bridgehead atoms. The Morgan fingerprint density at radius 1 is 1.27 bits per heavy atom. The number of carbonyl (C=O) groups is 1. The summed E-state index contributed by atoms with van der Waals surface area (Å²) in [6.45, 7) is 8.51. The number of nitrogens with zero attached hydrogens (tertiary/aromatic N) is 2. The number of rotatable bonds is 6. The second kappa shape index (κ2) is 8.27. The van der Waals surface area contributed by atoms with E-state index in [0.717, 1.165) is 31.6 Å². The number of aryl methyl sites for hydroxylation is 1. The number of imidazole rings is 1. The maximum atomic E-state index is 12.8. The van der Waals surface area contributed by atoms with E-state index >= 15 is 0 Å². The number of β-lactam (4-membered cyclic amide) rings is 1. The van der Waals surface area contributed by atoms with Gasteiger partial charge >= 0.3 is 0 Å². The van der Waals surface area contributed by atoms with Gasteiger partial charge in [-0.05, 0) is 84.8 Å². The van der Waals surface area contributed by atoms with Crippen molar-refractivity contribution in [1.29, 1.82) is 0 Å². The monoisotopic (exact) mass is 631 g/mol. The van der Waals surface area contributed by atoms with Crippen molar-refractivity contribution in [1.82, 2.24) is 9.97 Å². The number of hydrogen-bond donors (Lipinski definition) is 1. The van der Waals surface area contributed by atoms with E-state index in [4.69, 9.17) is 7.80 Å². The minimum Gasteiger partial charge on any atom is -0.491 e. The molecule has 2 unspecified atom stereocenters. The van der Waals surface area contributed by atoms with Crippen LogP contribution in [0, 0.1) is 16.4 Å². The Morgan fingerprint density at radius 3 is 2.73 bits per heavy atom. The van der Waals surface area contributed by atoms with E-state index in [2.05, 4.69) is 39.5 Å². The Hall–Kier alpha value is -1.40. The van der Waals surface area contributed by atoms with Gasteiger partial charge in [0.15, 0.2) is 0 Å². The lowest BCUT2D eigenvalue weighted by atomic mass is 9.81. The predicted molar refractivity (Wildman–Crippen MR) is 134 cm³/mol. The molecular formula is C22H23I2N3O3. The van der Waals surface area contributed by atoms with Crippen LogP contribution in [0.4, 0.5) is 5.69 Å². The first-order chi connectivity index (χ1) is 14.2. The predicted octanol–water partition coefficient (Wildman–Crippen LogP) is 5.72. The number of H-pyrrole nitrogens is 1. The van der Waals surface area contributed by atoms with Crippen LogP contribution in [-0.2, 0) is 7.86 Å². The highest BCUT2D eigenvalue weighted by Gasteiger charge is 2.47. The highest BCUT2D eigenvalue weighted by molar-refractivity contribution is 14.1. The van der Waals surface area contributed by atoms with Crippen LogP contribution >= 0.6 is 45.6 Å². The van der Waals surface area contributed by atoms with E-state index in [0.29, 0.717) is 6.61 Å². The summed E-state index contributed by atoms with van der Waals surface area (Å²) in [5, 5.41) is 0. The third-order valence-electron chi connectivity index (χ3n) is 5.46. The highest BCUT2D eigenvalue weighted by Crippen LogP contribution is 2.46. The van der Waals surface area contributed by atoms with Crippen LogP contribution in [0.15, 0.2) is 36.7 Å². The number of aromatic amines is 1. The van der Waals surface area contributed by atoms with Crippen LogP contribution < -0.4 is 9.64 Å². The summed E-state index contributed by atoms with van der Waals surface area (Å²) in [5.41, 5.74) is 4.62. The van der Waals surface area contributed by atoms with Crippen molar-refractivity contribution in [3.05, 3.63) is 51.4 Å². The molecule has 2 heterocycles. The highest BCUT2D eigenvalue weighted by atomic mass is 127. The van der Waals surface area contributed by atoms with Gasteiger partial charge in [0, 0.05) is 9.26 Å².